The van der Waals surface area contributed by atoms with Gasteiger partial charge in [0.1, 0.15) is 0 Å². The molecule has 1 fully saturated rings. The first-order valence-corrected chi connectivity index (χ1v) is 9.28. The first kappa shape index (κ1) is 17.3. The Balaban J connectivity index is 2.59. The van der Waals surface area contributed by atoms with E-state index in [1.165, 1.54) is 31.6 Å². The van der Waals surface area contributed by atoms with Crippen LogP contribution in [0.25, 0.3) is 0 Å². The van der Waals surface area contributed by atoms with E-state index in [0.717, 1.165) is 18.5 Å². The maximum atomic E-state index is 3.75. The molecule has 2 nitrogen and oxygen atoms in total. The van der Waals surface area contributed by atoms with Gasteiger partial charge in [0.25, 0.3) is 0 Å². The van der Waals surface area contributed by atoms with Crippen LogP contribution in [0.1, 0.15) is 47.0 Å². The van der Waals surface area contributed by atoms with Gasteiger partial charge in [-0.2, -0.15) is 11.8 Å². The molecule has 1 aliphatic carbocycles. The summed E-state index contributed by atoms with van der Waals surface area (Å²) in [4.78, 5) is 2.60. The molecule has 0 aromatic heterocycles. The number of nitrogens with zero attached hydrogens (tertiary/aromatic N) is 1. The summed E-state index contributed by atoms with van der Waals surface area (Å²) in [5, 5.41) is 3.75. The topological polar surface area (TPSA) is 15.3 Å². The van der Waals surface area contributed by atoms with Gasteiger partial charge in [0.05, 0.1) is 0 Å². The van der Waals surface area contributed by atoms with Crippen molar-refractivity contribution in [1.29, 1.82) is 0 Å². The predicted octanol–water partition coefficient (Wildman–Crippen LogP) is 3.47. The van der Waals surface area contributed by atoms with Crippen LogP contribution in [-0.2, 0) is 0 Å². The first-order valence-electron chi connectivity index (χ1n) is 7.88. The molecule has 0 bridgehead atoms. The van der Waals surface area contributed by atoms with Gasteiger partial charge in [-0.25, -0.2) is 0 Å². The maximum absolute atomic E-state index is 3.75. The Morgan fingerprint density at radius 2 is 2.05 bits per heavy atom. The highest BCUT2D eigenvalue weighted by Crippen LogP contribution is 2.41. The van der Waals surface area contributed by atoms with E-state index in [9.17, 15) is 0 Å². The molecule has 0 saturated heterocycles. The zero-order valence-corrected chi connectivity index (χ0v) is 14.6. The van der Waals surface area contributed by atoms with Crippen molar-refractivity contribution in [2.45, 2.75) is 59.0 Å². The Kier molecular flexibility index (Phi) is 7.20. The molecule has 0 aromatic rings. The van der Waals surface area contributed by atoms with Gasteiger partial charge in [-0.15, -0.1) is 0 Å². The smallest absolute Gasteiger partial charge is 0.0180 e. The van der Waals surface area contributed by atoms with Gasteiger partial charge in [0.15, 0.2) is 0 Å². The Bertz CT molecular complexity index is 255. The van der Waals surface area contributed by atoms with E-state index in [-0.39, 0.29) is 0 Å². The van der Waals surface area contributed by atoms with Gasteiger partial charge in [-0.1, -0.05) is 27.7 Å². The SMILES string of the molecule is CCNC1C(CN(C)C(CC)CSC)CCC1(C)C. The highest BCUT2D eigenvalue weighted by molar-refractivity contribution is 7.98. The highest BCUT2D eigenvalue weighted by atomic mass is 32.2. The van der Waals surface area contributed by atoms with Crippen LogP contribution in [-0.4, -0.2) is 49.1 Å². The fraction of sp³-hybridized carbons (Fsp3) is 1.00. The van der Waals surface area contributed by atoms with Crippen LogP contribution >= 0.6 is 11.8 Å². The molecule has 3 unspecified atom stereocenters. The van der Waals surface area contributed by atoms with E-state index in [1.54, 1.807) is 0 Å². The van der Waals surface area contributed by atoms with Crippen molar-refractivity contribution in [2.24, 2.45) is 11.3 Å². The fourth-order valence-electron chi connectivity index (χ4n) is 3.65. The number of nitrogens with one attached hydrogen (secondary N) is 1. The van der Waals surface area contributed by atoms with E-state index in [0.29, 0.717) is 11.5 Å². The first-order chi connectivity index (χ1) is 8.96. The number of hydrogen-bond acceptors (Lipinski definition) is 3. The van der Waals surface area contributed by atoms with Crippen LogP contribution in [0.5, 0.6) is 0 Å². The Morgan fingerprint density at radius 3 is 2.58 bits per heavy atom. The van der Waals surface area contributed by atoms with E-state index >= 15 is 0 Å². The van der Waals surface area contributed by atoms with E-state index in [1.807, 2.05) is 11.8 Å². The minimum atomic E-state index is 0.461. The second-order valence-corrected chi connectivity index (χ2v) is 7.69. The Morgan fingerprint density at radius 1 is 1.37 bits per heavy atom. The molecular formula is C16H34N2S. The molecule has 0 radical (unpaired) electrons. The molecule has 0 aliphatic heterocycles. The van der Waals surface area contributed by atoms with Gasteiger partial charge in [-0.05, 0) is 50.4 Å². The van der Waals surface area contributed by atoms with Crippen LogP contribution in [0.3, 0.4) is 0 Å². The molecule has 1 aliphatic rings. The minimum absolute atomic E-state index is 0.461. The molecule has 1 saturated carbocycles. The summed E-state index contributed by atoms with van der Waals surface area (Å²) in [6.45, 7) is 11.8. The van der Waals surface area contributed by atoms with Crippen molar-refractivity contribution in [2.75, 3.05) is 32.1 Å². The van der Waals surface area contributed by atoms with Crippen molar-refractivity contribution >= 4 is 11.8 Å². The van der Waals surface area contributed by atoms with Crippen LogP contribution in [0, 0.1) is 11.3 Å². The summed E-state index contributed by atoms with van der Waals surface area (Å²) in [5.41, 5.74) is 0.461. The third kappa shape index (κ3) is 4.64. The molecular weight excluding hydrogens is 252 g/mol. The molecule has 0 spiro atoms. The van der Waals surface area contributed by atoms with E-state index < -0.39 is 0 Å². The van der Waals surface area contributed by atoms with Crippen molar-refractivity contribution in [3.63, 3.8) is 0 Å². The van der Waals surface area contributed by atoms with Gasteiger partial charge >= 0.3 is 0 Å². The van der Waals surface area contributed by atoms with Crippen LogP contribution in [0.4, 0.5) is 0 Å². The standard InChI is InChI=1S/C16H34N2S/c1-7-14(12-19-6)18(5)11-13-9-10-16(3,4)15(13)17-8-2/h13-15,17H,7-12H2,1-6H3. The summed E-state index contributed by atoms with van der Waals surface area (Å²) >= 11 is 1.97. The lowest BCUT2D eigenvalue weighted by Crippen LogP contribution is -2.47. The number of hydrogen-bond donors (Lipinski definition) is 1. The van der Waals surface area contributed by atoms with Crippen LogP contribution < -0.4 is 5.32 Å². The molecule has 0 amide bonds. The van der Waals surface area contributed by atoms with Gasteiger partial charge in [0, 0.05) is 24.4 Å². The third-order valence-electron chi connectivity index (χ3n) is 4.87. The van der Waals surface area contributed by atoms with Gasteiger partial charge < -0.3 is 10.2 Å². The lowest BCUT2D eigenvalue weighted by molar-refractivity contribution is 0.177. The van der Waals surface area contributed by atoms with E-state index in [4.69, 9.17) is 0 Å². The summed E-state index contributed by atoms with van der Waals surface area (Å²) in [6.07, 6.45) is 6.23. The Hall–Kier alpha value is 0.270. The summed E-state index contributed by atoms with van der Waals surface area (Å²) in [6, 6.07) is 1.42. The minimum Gasteiger partial charge on any atom is -0.313 e. The fourth-order valence-corrected chi connectivity index (χ4v) is 4.52. The summed E-state index contributed by atoms with van der Waals surface area (Å²) in [7, 11) is 2.32. The number of rotatable bonds is 8. The Labute approximate surface area is 125 Å². The molecule has 114 valence electrons. The average Bonchev–Trinajstić information content (AvgIpc) is 2.63. The second-order valence-electron chi connectivity index (χ2n) is 6.78. The molecule has 19 heavy (non-hydrogen) atoms. The quantitative estimate of drug-likeness (QED) is 0.735. The predicted molar refractivity (Wildman–Crippen MR) is 89.1 cm³/mol. The summed E-state index contributed by atoms with van der Waals surface area (Å²) < 4.78 is 0. The maximum Gasteiger partial charge on any atom is 0.0180 e. The summed E-state index contributed by atoms with van der Waals surface area (Å²) in [5.74, 6) is 2.07. The van der Waals surface area contributed by atoms with E-state index in [2.05, 4.69) is 51.2 Å². The van der Waals surface area contributed by atoms with Crippen molar-refractivity contribution in [3.8, 4) is 0 Å². The zero-order valence-electron chi connectivity index (χ0n) is 13.8. The average molecular weight is 287 g/mol. The van der Waals surface area contributed by atoms with Crippen LogP contribution in [0.15, 0.2) is 0 Å². The third-order valence-corrected chi connectivity index (χ3v) is 5.59. The van der Waals surface area contributed by atoms with Crippen molar-refractivity contribution in [3.05, 3.63) is 0 Å². The molecule has 0 heterocycles. The normalized spacial score (nSPS) is 27.9. The largest absolute Gasteiger partial charge is 0.313 e. The van der Waals surface area contributed by atoms with Crippen LogP contribution in [0.2, 0.25) is 0 Å². The molecule has 3 heteroatoms. The molecule has 1 N–H and O–H groups in total. The second kappa shape index (κ2) is 7.90. The molecule has 3 atom stereocenters. The lowest BCUT2D eigenvalue weighted by atomic mass is 9.84. The molecule has 1 rings (SSSR count). The zero-order chi connectivity index (χ0) is 14.5. The van der Waals surface area contributed by atoms with Crippen molar-refractivity contribution < 1.29 is 0 Å². The highest BCUT2D eigenvalue weighted by Gasteiger charge is 2.41. The monoisotopic (exact) mass is 286 g/mol. The van der Waals surface area contributed by atoms with Gasteiger partial charge in [-0.3, -0.25) is 0 Å². The van der Waals surface area contributed by atoms with Crippen molar-refractivity contribution in [1.82, 2.24) is 10.2 Å². The lowest BCUT2D eigenvalue weighted by Gasteiger charge is -2.35. The van der Waals surface area contributed by atoms with Gasteiger partial charge in [0.2, 0.25) is 0 Å². The molecule has 0 aromatic carbocycles. The number of thioether (sulfide) groups is 1.